The van der Waals surface area contributed by atoms with E-state index in [9.17, 15) is 9.50 Å². The summed E-state index contributed by atoms with van der Waals surface area (Å²) < 4.78 is 14.2. The van der Waals surface area contributed by atoms with Gasteiger partial charge in [0.1, 0.15) is 5.82 Å². The maximum absolute atomic E-state index is 13.4. The van der Waals surface area contributed by atoms with Gasteiger partial charge >= 0.3 is 0 Å². The molecule has 0 amide bonds. The number of rotatable bonds is 5. The third kappa shape index (κ3) is 4.45. The molecule has 0 saturated heterocycles. The van der Waals surface area contributed by atoms with Crippen molar-refractivity contribution in [3.63, 3.8) is 0 Å². The molecule has 4 nitrogen and oxygen atoms in total. The smallest absolute Gasteiger partial charge is 0.210 e. The zero-order chi connectivity index (χ0) is 13.9. The van der Waals surface area contributed by atoms with E-state index in [4.69, 9.17) is 0 Å². The average molecular weight is 299 g/mol. The summed E-state index contributed by atoms with van der Waals surface area (Å²) in [4.78, 5) is 0. The van der Waals surface area contributed by atoms with Crippen LogP contribution in [0.4, 0.5) is 15.2 Å². The minimum absolute atomic E-state index is 0.330. The molecule has 1 aromatic heterocycles. The summed E-state index contributed by atoms with van der Waals surface area (Å²) in [5.74, 6) is 0.199. The third-order valence-electron chi connectivity index (χ3n) is 2.07. The van der Waals surface area contributed by atoms with Gasteiger partial charge in [-0.3, -0.25) is 0 Å². The number of aromatic nitrogens is 2. The Morgan fingerprint density at radius 1 is 1.37 bits per heavy atom. The maximum Gasteiger partial charge on any atom is 0.210 e. The van der Waals surface area contributed by atoms with Crippen LogP contribution in [0.3, 0.4) is 0 Å². The lowest BCUT2D eigenvalue weighted by Crippen LogP contribution is -2.21. The molecule has 0 aliphatic heterocycles. The van der Waals surface area contributed by atoms with Gasteiger partial charge in [-0.2, -0.15) is 0 Å². The number of hydrogen-bond acceptors (Lipinski definition) is 6. The molecule has 0 unspecified atom stereocenters. The topological polar surface area (TPSA) is 58.0 Å². The van der Waals surface area contributed by atoms with Crippen LogP contribution in [0.5, 0.6) is 0 Å². The Balaban J connectivity index is 2.00. The van der Waals surface area contributed by atoms with Crippen LogP contribution >= 0.6 is 23.1 Å². The zero-order valence-electron chi connectivity index (χ0n) is 10.6. The van der Waals surface area contributed by atoms with Crippen LogP contribution in [0.15, 0.2) is 28.6 Å². The van der Waals surface area contributed by atoms with Gasteiger partial charge in [-0.15, -0.1) is 10.2 Å². The van der Waals surface area contributed by atoms with Gasteiger partial charge < -0.3 is 10.4 Å². The SMILES string of the molecule is CC(C)(O)CSc1nnc(Nc2ccccc2F)s1. The Morgan fingerprint density at radius 2 is 2.11 bits per heavy atom. The average Bonchev–Trinajstić information content (AvgIpc) is 2.77. The quantitative estimate of drug-likeness (QED) is 0.830. The van der Waals surface area contributed by atoms with Crippen molar-refractivity contribution in [3.8, 4) is 0 Å². The lowest BCUT2D eigenvalue weighted by molar-refractivity contribution is 0.107. The van der Waals surface area contributed by atoms with E-state index in [1.807, 2.05) is 0 Å². The van der Waals surface area contributed by atoms with Crippen molar-refractivity contribution in [2.45, 2.75) is 23.8 Å². The molecule has 0 aliphatic carbocycles. The maximum atomic E-state index is 13.4. The van der Waals surface area contributed by atoms with Crippen LogP contribution in [0.1, 0.15) is 13.8 Å². The molecule has 7 heteroatoms. The molecule has 0 radical (unpaired) electrons. The normalized spacial score (nSPS) is 11.6. The first-order chi connectivity index (χ1) is 8.94. The zero-order valence-corrected chi connectivity index (χ0v) is 12.2. The van der Waals surface area contributed by atoms with E-state index in [0.29, 0.717) is 16.6 Å². The number of nitrogens with zero attached hydrogens (tertiary/aromatic N) is 2. The summed E-state index contributed by atoms with van der Waals surface area (Å²) in [7, 11) is 0. The lowest BCUT2D eigenvalue weighted by atomic mass is 10.2. The number of benzene rings is 1. The summed E-state index contributed by atoms with van der Waals surface area (Å²) in [6, 6.07) is 6.40. The van der Waals surface area contributed by atoms with Crippen molar-refractivity contribution in [1.82, 2.24) is 10.2 Å². The van der Waals surface area contributed by atoms with Gasteiger partial charge in [0.25, 0.3) is 0 Å². The van der Waals surface area contributed by atoms with Gasteiger partial charge in [-0.25, -0.2) is 4.39 Å². The molecule has 102 valence electrons. The van der Waals surface area contributed by atoms with Crippen LogP contribution in [0.25, 0.3) is 0 Å². The molecule has 0 saturated carbocycles. The number of anilines is 2. The van der Waals surface area contributed by atoms with E-state index in [-0.39, 0.29) is 5.82 Å². The van der Waals surface area contributed by atoms with Crippen molar-refractivity contribution >= 4 is 33.9 Å². The second-order valence-electron chi connectivity index (χ2n) is 4.58. The molecule has 0 aliphatic rings. The summed E-state index contributed by atoms with van der Waals surface area (Å²) in [6.45, 7) is 3.47. The van der Waals surface area contributed by atoms with E-state index in [2.05, 4.69) is 15.5 Å². The first kappa shape index (κ1) is 14.2. The molecular weight excluding hydrogens is 285 g/mol. The highest BCUT2D eigenvalue weighted by Gasteiger charge is 2.15. The minimum atomic E-state index is -0.754. The first-order valence-electron chi connectivity index (χ1n) is 5.64. The molecule has 0 fully saturated rings. The highest BCUT2D eigenvalue weighted by molar-refractivity contribution is 8.01. The monoisotopic (exact) mass is 299 g/mol. The Morgan fingerprint density at radius 3 is 2.79 bits per heavy atom. The second-order valence-corrected chi connectivity index (χ2v) is 6.78. The Kier molecular flexibility index (Phi) is 4.38. The van der Waals surface area contributed by atoms with Gasteiger partial charge in [-0.1, -0.05) is 35.2 Å². The van der Waals surface area contributed by atoms with Crippen LogP contribution in [0, 0.1) is 5.82 Å². The van der Waals surface area contributed by atoms with Crippen molar-refractivity contribution < 1.29 is 9.50 Å². The minimum Gasteiger partial charge on any atom is -0.390 e. The van der Waals surface area contributed by atoms with Crippen LogP contribution in [-0.4, -0.2) is 26.7 Å². The van der Waals surface area contributed by atoms with Crippen molar-refractivity contribution in [3.05, 3.63) is 30.1 Å². The van der Waals surface area contributed by atoms with Crippen molar-refractivity contribution in [2.75, 3.05) is 11.1 Å². The lowest BCUT2D eigenvalue weighted by Gasteiger charge is -2.14. The highest BCUT2D eigenvalue weighted by atomic mass is 32.2. The van der Waals surface area contributed by atoms with Gasteiger partial charge in [0.05, 0.1) is 11.3 Å². The summed E-state index contributed by atoms with van der Waals surface area (Å²) >= 11 is 2.75. The number of nitrogens with one attached hydrogen (secondary N) is 1. The van der Waals surface area contributed by atoms with E-state index in [1.54, 1.807) is 32.0 Å². The molecule has 2 rings (SSSR count). The molecule has 1 aromatic carbocycles. The van der Waals surface area contributed by atoms with Crippen molar-refractivity contribution in [1.29, 1.82) is 0 Å². The Hall–Kier alpha value is -1.18. The predicted octanol–water partition coefficient (Wildman–Crippen LogP) is 3.28. The molecule has 2 N–H and O–H groups in total. The van der Waals surface area contributed by atoms with Crippen LogP contribution in [-0.2, 0) is 0 Å². The summed E-state index contributed by atoms with van der Waals surface area (Å²) in [5, 5.41) is 21.0. The predicted molar refractivity (Wildman–Crippen MR) is 76.6 cm³/mol. The standard InChI is InChI=1S/C12H14FN3OS2/c1-12(2,17)7-18-11-16-15-10(19-11)14-9-6-4-3-5-8(9)13/h3-6,17H,7H2,1-2H3,(H,14,15). The molecular formula is C12H14FN3OS2. The number of hydrogen-bond donors (Lipinski definition) is 2. The van der Waals surface area contributed by atoms with E-state index >= 15 is 0 Å². The fourth-order valence-electron chi connectivity index (χ4n) is 1.23. The van der Waals surface area contributed by atoms with Crippen LogP contribution in [0.2, 0.25) is 0 Å². The van der Waals surface area contributed by atoms with Gasteiger partial charge in [-0.05, 0) is 26.0 Å². The Labute approximate surface area is 119 Å². The van der Waals surface area contributed by atoms with E-state index < -0.39 is 5.60 Å². The molecule has 2 aromatic rings. The number of thioether (sulfide) groups is 1. The second kappa shape index (κ2) is 5.85. The Bertz CT molecular complexity index is 554. The number of para-hydroxylation sites is 1. The van der Waals surface area contributed by atoms with Gasteiger partial charge in [0.15, 0.2) is 4.34 Å². The molecule has 1 heterocycles. The highest BCUT2D eigenvalue weighted by Crippen LogP contribution is 2.30. The molecule has 0 atom stereocenters. The fourth-order valence-corrected chi connectivity index (χ4v) is 2.95. The van der Waals surface area contributed by atoms with Gasteiger partial charge in [0.2, 0.25) is 5.13 Å². The number of halogens is 1. The fraction of sp³-hybridized carbons (Fsp3) is 0.333. The number of aliphatic hydroxyl groups is 1. The van der Waals surface area contributed by atoms with Crippen molar-refractivity contribution in [2.24, 2.45) is 0 Å². The first-order valence-corrected chi connectivity index (χ1v) is 7.44. The summed E-state index contributed by atoms with van der Waals surface area (Å²) in [5.41, 5.74) is -0.382. The molecule has 0 bridgehead atoms. The third-order valence-corrected chi connectivity index (χ3v) is 4.49. The largest absolute Gasteiger partial charge is 0.390 e. The van der Waals surface area contributed by atoms with E-state index in [0.717, 1.165) is 4.34 Å². The van der Waals surface area contributed by atoms with E-state index in [1.165, 1.54) is 29.2 Å². The molecule has 19 heavy (non-hydrogen) atoms. The van der Waals surface area contributed by atoms with Gasteiger partial charge in [0, 0.05) is 5.75 Å². The molecule has 0 spiro atoms. The van der Waals surface area contributed by atoms with Crippen LogP contribution < -0.4 is 5.32 Å². The summed E-state index contributed by atoms with van der Waals surface area (Å²) in [6.07, 6.45) is 0.